The van der Waals surface area contributed by atoms with Gasteiger partial charge < -0.3 is 4.90 Å². The molecule has 1 heterocycles. The molecule has 2 heteroatoms. The molecule has 0 atom stereocenters. The van der Waals surface area contributed by atoms with Crippen LogP contribution in [0.25, 0.3) is 85.5 Å². The van der Waals surface area contributed by atoms with Gasteiger partial charge in [-0.15, -0.1) is 11.3 Å². The molecule has 0 amide bonds. The molecule has 0 bridgehead atoms. The molecule has 252 valence electrons. The van der Waals surface area contributed by atoms with Gasteiger partial charge in [0, 0.05) is 37.2 Å². The molecule has 54 heavy (non-hydrogen) atoms. The third-order valence-corrected chi connectivity index (χ3v) is 12.1. The van der Waals surface area contributed by atoms with Gasteiger partial charge in [0.25, 0.3) is 0 Å². The van der Waals surface area contributed by atoms with Crippen LogP contribution < -0.4 is 4.90 Å². The second kappa shape index (κ2) is 12.4. The van der Waals surface area contributed by atoms with Crippen molar-refractivity contribution in [1.29, 1.82) is 0 Å². The van der Waals surface area contributed by atoms with Crippen LogP contribution in [0.4, 0.5) is 17.1 Å². The van der Waals surface area contributed by atoms with Crippen LogP contribution in [-0.4, -0.2) is 0 Å². The summed E-state index contributed by atoms with van der Waals surface area (Å²) < 4.78 is 2.61. The van der Waals surface area contributed by atoms with Gasteiger partial charge in [-0.2, -0.15) is 0 Å². The molecule has 0 aliphatic rings. The molecule has 0 fully saturated rings. The summed E-state index contributed by atoms with van der Waals surface area (Å²) in [6.45, 7) is 0. The minimum absolute atomic E-state index is 1.12. The smallest absolute Gasteiger partial charge is 0.0476 e. The van der Waals surface area contributed by atoms with Crippen LogP contribution in [0.15, 0.2) is 200 Å². The van der Waals surface area contributed by atoms with Crippen LogP contribution in [0, 0.1) is 0 Å². The van der Waals surface area contributed by atoms with Gasteiger partial charge in [0.05, 0.1) is 0 Å². The van der Waals surface area contributed by atoms with Crippen molar-refractivity contribution in [3.05, 3.63) is 200 Å². The van der Waals surface area contributed by atoms with Gasteiger partial charge in [-0.25, -0.2) is 0 Å². The number of thiophene rings is 1. The Hall–Kier alpha value is -6.74. The molecule has 11 aromatic rings. The summed E-state index contributed by atoms with van der Waals surface area (Å²) in [5.74, 6) is 0. The van der Waals surface area contributed by atoms with E-state index in [9.17, 15) is 0 Å². The minimum atomic E-state index is 1.12. The van der Waals surface area contributed by atoms with Gasteiger partial charge in [-0.1, -0.05) is 146 Å². The largest absolute Gasteiger partial charge is 0.310 e. The zero-order chi connectivity index (χ0) is 35.6. The Balaban J connectivity index is 1.08. The van der Waals surface area contributed by atoms with Gasteiger partial charge in [-0.05, 0) is 120 Å². The maximum Gasteiger partial charge on any atom is 0.0476 e. The average Bonchev–Trinajstić information content (AvgIpc) is 3.59. The van der Waals surface area contributed by atoms with Crippen molar-refractivity contribution in [2.75, 3.05) is 4.90 Å². The number of hydrogen-bond acceptors (Lipinski definition) is 2. The topological polar surface area (TPSA) is 3.24 Å². The lowest BCUT2D eigenvalue weighted by atomic mass is 9.90. The van der Waals surface area contributed by atoms with Crippen LogP contribution in [-0.2, 0) is 0 Å². The highest BCUT2D eigenvalue weighted by atomic mass is 32.1. The molecule has 0 spiro atoms. The van der Waals surface area contributed by atoms with Crippen molar-refractivity contribution < 1.29 is 0 Å². The number of nitrogens with zero attached hydrogens (tertiary/aromatic N) is 1. The monoisotopic (exact) mass is 703 g/mol. The van der Waals surface area contributed by atoms with E-state index >= 15 is 0 Å². The van der Waals surface area contributed by atoms with E-state index in [1.807, 2.05) is 11.3 Å². The van der Waals surface area contributed by atoms with E-state index in [0.29, 0.717) is 0 Å². The molecule has 0 radical (unpaired) electrons. The standard InChI is InChI=1S/C52H33NS/c1-2-11-34(12-3-1)35-21-23-40(24-22-35)53(42-26-28-48-50-30-36-13-4-5-14-37(36)32-51(50)54-52(48)33-42)41-25-27-44-38(29-41)16-10-20-46(44)49-31-39-15-6-7-17-43(39)45-18-8-9-19-47(45)49/h1-33H. The van der Waals surface area contributed by atoms with E-state index in [4.69, 9.17) is 0 Å². The molecule has 0 aliphatic carbocycles. The normalized spacial score (nSPS) is 11.7. The Morgan fingerprint density at radius 2 is 0.852 bits per heavy atom. The van der Waals surface area contributed by atoms with Crippen molar-refractivity contribution in [1.82, 2.24) is 0 Å². The molecule has 0 N–H and O–H groups in total. The third kappa shape index (κ3) is 5.07. The molecule has 0 unspecified atom stereocenters. The highest BCUT2D eigenvalue weighted by Crippen LogP contribution is 2.44. The fourth-order valence-corrected chi connectivity index (χ4v) is 9.56. The maximum absolute atomic E-state index is 2.41. The maximum atomic E-state index is 2.41. The van der Waals surface area contributed by atoms with E-state index in [1.165, 1.54) is 85.5 Å². The van der Waals surface area contributed by atoms with Crippen LogP contribution in [0.5, 0.6) is 0 Å². The van der Waals surface area contributed by atoms with Gasteiger partial charge in [0.1, 0.15) is 0 Å². The average molecular weight is 704 g/mol. The Morgan fingerprint density at radius 3 is 1.67 bits per heavy atom. The fourth-order valence-electron chi connectivity index (χ4n) is 8.39. The Bertz CT molecular complexity index is 3210. The first-order valence-electron chi connectivity index (χ1n) is 18.5. The summed E-state index contributed by atoms with van der Waals surface area (Å²) in [5, 5.41) is 12.7. The molecule has 1 aromatic heterocycles. The van der Waals surface area contributed by atoms with Crippen LogP contribution in [0.3, 0.4) is 0 Å². The number of fused-ring (bicyclic) bond motifs is 8. The minimum Gasteiger partial charge on any atom is -0.310 e. The van der Waals surface area contributed by atoms with Crippen molar-refractivity contribution in [3.8, 4) is 22.3 Å². The van der Waals surface area contributed by atoms with Crippen LogP contribution >= 0.6 is 11.3 Å². The van der Waals surface area contributed by atoms with Gasteiger partial charge in [-0.3, -0.25) is 0 Å². The summed E-state index contributed by atoms with van der Waals surface area (Å²) in [6, 6.07) is 73.5. The van der Waals surface area contributed by atoms with Crippen molar-refractivity contribution in [2.24, 2.45) is 0 Å². The molecule has 0 aliphatic heterocycles. The first-order chi connectivity index (χ1) is 26.7. The fraction of sp³-hybridized carbons (Fsp3) is 0. The zero-order valence-electron chi connectivity index (χ0n) is 29.4. The Morgan fingerprint density at radius 1 is 0.278 bits per heavy atom. The highest BCUT2D eigenvalue weighted by molar-refractivity contribution is 7.25. The van der Waals surface area contributed by atoms with E-state index in [2.05, 4.69) is 205 Å². The second-order valence-electron chi connectivity index (χ2n) is 14.1. The van der Waals surface area contributed by atoms with Crippen molar-refractivity contribution in [3.63, 3.8) is 0 Å². The lowest BCUT2D eigenvalue weighted by molar-refractivity contribution is 1.30. The number of anilines is 3. The highest BCUT2D eigenvalue weighted by Gasteiger charge is 2.18. The van der Waals surface area contributed by atoms with Crippen LogP contribution in [0.2, 0.25) is 0 Å². The molecular formula is C52H33NS. The molecule has 0 saturated heterocycles. The summed E-state index contributed by atoms with van der Waals surface area (Å²) in [6.07, 6.45) is 0. The Kier molecular flexibility index (Phi) is 7.11. The van der Waals surface area contributed by atoms with E-state index in [1.54, 1.807) is 0 Å². The molecule has 1 nitrogen and oxygen atoms in total. The second-order valence-corrected chi connectivity index (χ2v) is 15.2. The number of rotatable bonds is 5. The first kappa shape index (κ1) is 30.8. The molecule has 10 aromatic carbocycles. The lowest BCUT2D eigenvalue weighted by Crippen LogP contribution is -2.09. The lowest BCUT2D eigenvalue weighted by Gasteiger charge is -2.26. The van der Waals surface area contributed by atoms with Gasteiger partial charge in [0.15, 0.2) is 0 Å². The Labute approximate surface area is 317 Å². The summed E-state index contributed by atoms with van der Waals surface area (Å²) in [5.41, 5.74) is 8.32. The molecule has 0 saturated carbocycles. The van der Waals surface area contributed by atoms with Crippen LogP contribution in [0.1, 0.15) is 0 Å². The predicted octanol–water partition coefficient (Wildman–Crippen LogP) is 15.5. The number of hydrogen-bond donors (Lipinski definition) is 0. The number of benzene rings is 10. The third-order valence-electron chi connectivity index (χ3n) is 11.0. The summed E-state index contributed by atoms with van der Waals surface area (Å²) in [7, 11) is 0. The molecular weight excluding hydrogens is 671 g/mol. The van der Waals surface area contributed by atoms with Gasteiger partial charge in [0.2, 0.25) is 0 Å². The van der Waals surface area contributed by atoms with Crippen molar-refractivity contribution in [2.45, 2.75) is 0 Å². The molecule has 11 rings (SSSR count). The zero-order valence-corrected chi connectivity index (χ0v) is 30.2. The first-order valence-corrected chi connectivity index (χ1v) is 19.3. The predicted molar refractivity (Wildman–Crippen MR) is 235 cm³/mol. The van der Waals surface area contributed by atoms with E-state index < -0.39 is 0 Å². The summed E-state index contributed by atoms with van der Waals surface area (Å²) >= 11 is 1.88. The summed E-state index contributed by atoms with van der Waals surface area (Å²) in [4.78, 5) is 2.41. The quantitative estimate of drug-likeness (QED) is 0.161. The van der Waals surface area contributed by atoms with Crippen molar-refractivity contribution >= 4 is 91.7 Å². The van der Waals surface area contributed by atoms with E-state index in [0.717, 1.165) is 17.1 Å². The SMILES string of the molecule is c1ccc(-c2ccc(N(c3ccc4c(-c5cc6ccccc6c6ccccc56)cccc4c3)c3ccc4c(c3)sc3cc5ccccc5cc34)cc2)cc1. The van der Waals surface area contributed by atoms with E-state index in [-0.39, 0.29) is 0 Å². The van der Waals surface area contributed by atoms with Gasteiger partial charge >= 0.3 is 0 Å².